The van der Waals surface area contributed by atoms with Crippen molar-refractivity contribution in [2.24, 2.45) is 0 Å². The normalized spacial score (nSPS) is 10.1. The molecule has 154 valence electrons. The summed E-state index contributed by atoms with van der Waals surface area (Å²) in [5.41, 5.74) is 5.05. The summed E-state index contributed by atoms with van der Waals surface area (Å²) in [7, 11) is 2.95. The zero-order chi connectivity index (χ0) is 21.5. The number of nitrogens with zero attached hydrogens (tertiary/aromatic N) is 4. The third kappa shape index (κ3) is 4.49. The van der Waals surface area contributed by atoms with Crippen molar-refractivity contribution in [1.82, 2.24) is 20.4 Å². The first-order valence-corrected chi connectivity index (χ1v) is 8.48. The number of hydrazine groups is 1. The van der Waals surface area contributed by atoms with Crippen LogP contribution in [0.1, 0.15) is 10.4 Å². The molecule has 0 aliphatic carbocycles. The van der Waals surface area contributed by atoms with Gasteiger partial charge in [-0.3, -0.25) is 30.7 Å². The molecule has 12 heteroatoms. The Bertz CT molecular complexity index is 1060. The summed E-state index contributed by atoms with van der Waals surface area (Å²) in [5, 5.41) is 14.5. The van der Waals surface area contributed by atoms with Crippen molar-refractivity contribution < 1.29 is 19.2 Å². The van der Waals surface area contributed by atoms with E-state index >= 15 is 0 Å². The fourth-order valence-corrected chi connectivity index (χ4v) is 2.47. The Kier molecular flexibility index (Phi) is 6.17. The monoisotopic (exact) mass is 411 g/mol. The van der Waals surface area contributed by atoms with Gasteiger partial charge in [-0.05, 0) is 24.3 Å². The van der Waals surface area contributed by atoms with Crippen molar-refractivity contribution in [1.29, 1.82) is 0 Å². The molecule has 0 bridgehead atoms. The van der Waals surface area contributed by atoms with Crippen LogP contribution in [0.2, 0.25) is 0 Å². The first-order valence-electron chi connectivity index (χ1n) is 8.48. The molecule has 0 radical (unpaired) electrons. The number of rotatable bonds is 8. The zero-order valence-corrected chi connectivity index (χ0v) is 15.9. The third-order valence-electron chi connectivity index (χ3n) is 3.90. The van der Waals surface area contributed by atoms with E-state index in [0.29, 0.717) is 22.7 Å². The van der Waals surface area contributed by atoms with Crippen LogP contribution in [0.15, 0.2) is 49.1 Å². The largest absolute Gasteiger partial charge is 0.497 e. The number of pyridine rings is 1. The maximum absolute atomic E-state index is 12.2. The predicted octanol–water partition coefficient (Wildman–Crippen LogP) is 2.30. The van der Waals surface area contributed by atoms with Crippen LogP contribution in [0.5, 0.6) is 11.5 Å². The first-order chi connectivity index (χ1) is 14.5. The van der Waals surface area contributed by atoms with Gasteiger partial charge in [0.25, 0.3) is 5.91 Å². The van der Waals surface area contributed by atoms with Gasteiger partial charge >= 0.3 is 5.69 Å². The van der Waals surface area contributed by atoms with Gasteiger partial charge in [-0.2, -0.15) is 0 Å². The van der Waals surface area contributed by atoms with Crippen LogP contribution in [0.4, 0.5) is 23.0 Å². The van der Waals surface area contributed by atoms with E-state index < -0.39 is 16.5 Å². The lowest BCUT2D eigenvalue weighted by atomic mass is 10.2. The lowest BCUT2D eigenvalue weighted by Gasteiger charge is -2.13. The molecule has 3 aromatic rings. The maximum Gasteiger partial charge on any atom is 0.355 e. The van der Waals surface area contributed by atoms with Crippen molar-refractivity contribution in [2.45, 2.75) is 0 Å². The Balaban J connectivity index is 1.88. The molecule has 0 spiro atoms. The van der Waals surface area contributed by atoms with Crippen LogP contribution < -0.4 is 25.6 Å². The van der Waals surface area contributed by atoms with Gasteiger partial charge in [0, 0.05) is 24.0 Å². The second kappa shape index (κ2) is 9.14. The number of hydrogen-bond acceptors (Lipinski definition) is 10. The van der Waals surface area contributed by atoms with Crippen molar-refractivity contribution in [3.05, 3.63) is 64.7 Å². The summed E-state index contributed by atoms with van der Waals surface area (Å²) >= 11 is 0. The lowest BCUT2D eigenvalue weighted by Crippen LogP contribution is -2.30. The summed E-state index contributed by atoms with van der Waals surface area (Å²) in [4.78, 5) is 34.8. The molecule has 2 heterocycles. The van der Waals surface area contributed by atoms with Gasteiger partial charge in [0.05, 0.1) is 24.8 Å². The number of aromatic nitrogens is 3. The molecule has 0 fully saturated rings. The molecule has 0 aliphatic rings. The van der Waals surface area contributed by atoms with E-state index in [1.54, 1.807) is 18.2 Å². The summed E-state index contributed by atoms with van der Waals surface area (Å²) in [5.74, 6) is 0.0976. The Hall–Kier alpha value is -4.48. The highest BCUT2D eigenvalue weighted by atomic mass is 16.6. The molecule has 1 aromatic carbocycles. The second-order valence-corrected chi connectivity index (χ2v) is 5.68. The van der Waals surface area contributed by atoms with E-state index in [1.165, 1.54) is 38.7 Å². The van der Waals surface area contributed by atoms with E-state index in [9.17, 15) is 14.9 Å². The van der Waals surface area contributed by atoms with Crippen LogP contribution >= 0.6 is 0 Å². The highest BCUT2D eigenvalue weighted by Gasteiger charge is 2.24. The number of nitrogens with one attached hydrogen (secondary N) is 3. The molecule has 0 unspecified atom stereocenters. The molecule has 0 atom stereocenters. The number of hydrogen-bond donors (Lipinski definition) is 3. The number of carbonyl (C=O) groups excluding carboxylic acids is 1. The van der Waals surface area contributed by atoms with Crippen LogP contribution in [-0.4, -0.2) is 40.0 Å². The minimum absolute atomic E-state index is 0.109. The molecule has 30 heavy (non-hydrogen) atoms. The van der Waals surface area contributed by atoms with Crippen molar-refractivity contribution >= 4 is 28.9 Å². The van der Waals surface area contributed by atoms with Gasteiger partial charge < -0.3 is 14.8 Å². The number of ether oxygens (including phenoxy) is 2. The van der Waals surface area contributed by atoms with Gasteiger partial charge in [0.1, 0.15) is 17.8 Å². The average Bonchev–Trinajstić information content (AvgIpc) is 2.77. The molecular formula is C18H17N7O5. The van der Waals surface area contributed by atoms with Crippen molar-refractivity contribution in [3.8, 4) is 11.5 Å². The maximum atomic E-state index is 12.2. The summed E-state index contributed by atoms with van der Waals surface area (Å²) in [6.07, 6.45) is 4.01. The summed E-state index contributed by atoms with van der Waals surface area (Å²) in [6.45, 7) is 0. The third-order valence-corrected chi connectivity index (χ3v) is 3.90. The van der Waals surface area contributed by atoms with Gasteiger partial charge in [0.15, 0.2) is 0 Å². The van der Waals surface area contributed by atoms with Crippen LogP contribution in [0.25, 0.3) is 0 Å². The number of anilines is 3. The minimum Gasteiger partial charge on any atom is -0.497 e. The van der Waals surface area contributed by atoms with E-state index in [-0.39, 0.29) is 11.6 Å². The lowest BCUT2D eigenvalue weighted by molar-refractivity contribution is -0.383. The van der Waals surface area contributed by atoms with Crippen LogP contribution in [0.3, 0.4) is 0 Å². The predicted molar refractivity (Wildman–Crippen MR) is 107 cm³/mol. The van der Waals surface area contributed by atoms with Crippen molar-refractivity contribution in [3.63, 3.8) is 0 Å². The molecule has 3 rings (SSSR count). The number of amides is 1. The quantitative estimate of drug-likeness (QED) is 0.371. The highest BCUT2D eigenvalue weighted by molar-refractivity contribution is 5.95. The van der Waals surface area contributed by atoms with E-state index in [2.05, 4.69) is 31.1 Å². The molecular weight excluding hydrogens is 394 g/mol. The number of benzene rings is 1. The van der Waals surface area contributed by atoms with Gasteiger partial charge in [-0.1, -0.05) is 0 Å². The molecule has 12 nitrogen and oxygen atoms in total. The smallest absolute Gasteiger partial charge is 0.355 e. The summed E-state index contributed by atoms with van der Waals surface area (Å²) in [6, 6.07) is 7.91. The Labute approximate surface area is 170 Å². The van der Waals surface area contributed by atoms with E-state index in [0.717, 1.165) is 6.33 Å². The molecule has 0 saturated carbocycles. The SMILES string of the molecule is COc1ccc(OC)c(Nc2ncnc(NNC(=O)c3ccncc3)c2[N+](=O)[O-])c1. The van der Waals surface area contributed by atoms with E-state index in [1.807, 2.05) is 0 Å². The summed E-state index contributed by atoms with van der Waals surface area (Å²) < 4.78 is 10.4. The number of nitro groups is 1. The van der Waals surface area contributed by atoms with Gasteiger partial charge in [-0.15, -0.1) is 0 Å². The standard InChI is InChI=1S/C18H17N7O5/c1-29-12-3-4-14(30-2)13(9-12)22-16-15(25(27)28)17(21-10-20-16)23-24-18(26)11-5-7-19-8-6-11/h3-10H,1-2H3,(H,24,26)(H2,20,21,22,23). The average molecular weight is 411 g/mol. The molecule has 0 saturated heterocycles. The van der Waals surface area contributed by atoms with Crippen LogP contribution in [0, 0.1) is 10.1 Å². The number of carbonyl (C=O) groups is 1. The fourth-order valence-electron chi connectivity index (χ4n) is 2.47. The first kappa shape index (κ1) is 20.3. The molecule has 2 aromatic heterocycles. The molecule has 0 aliphatic heterocycles. The van der Waals surface area contributed by atoms with Gasteiger partial charge in [0.2, 0.25) is 11.6 Å². The Morgan fingerprint density at radius 2 is 1.80 bits per heavy atom. The Morgan fingerprint density at radius 3 is 2.47 bits per heavy atom. The van der Waals surface area contributed by atoms with Crippen molar-refractivity contribution in [2.75, 3.05) is 25.0 Å². The molecule has 1 amide bonds. The number of methoxy groups -OCH3 is 2. The fraction of sp³-hybridized carbons (Fsp3) is 0.111. The molecule has 3 N–H and O–H groups in total. The minimum atomic E-state index is -0.671. The zero-order valence-electron chi connectivity index (χ0n) is 15.9. The van der Waals surface area contributed by atoms with Crippen LogP contribution in [-0.2, 0) is 0 Å². The van der Waals surface area contributed by atoms with E-state index in [4.69, 9.17) is 9.47 Å². The topological polar surface area (TPSA) is 153 Å². The second-order valence-electron chi connectivity index (χ2n) is 5.68. The Morgan fingerprint density at radius 1 is 1.07 bits per heavy atom. The van der Waals surface area contributed by atoms with Gasteiger partial charge in [-0.25, -0.2) is 9.97 Å². The highest BCUT2D eigenvalue weighted by Crippen LogP contribution is 2.35.